The van der Waals surface area contributed by atoms with E-state index in [2.05, 4.69) is 20.4 Å². The molecule has 2 aromatic rings. The van der Waals surface area contributed by atoms with Crippen LogP contribution in [0.2, 0.25) is 4.34 Å². The van der Waals surface area contributed by atoms with Crippen LogP contribution in [0.25, 0.3) is 0 Å². The van der Waals surface area contributed by atoms with Crippen molar-refractivity contribution in [3.63, 3.8) is 0 Å². The van der Waals surface area contributed by atoms with Crippen LogP contribution in [0.4, 0.5) is 5.13 Å². The highest BCUT2D eigenvalue weighted by atomic mass is 35.5. The maximum atomic E-state index is 12.9. The Morgan fingerprint density at radius 1 is 1.44 bits per heavy atom. The van der Waals surface area contributed by atoms with Crippen LogP contribution in [-0.2, 0) is 21.0 Å². The third kappa shape index (κ3) is 4.32. The molecule has 16 heteroatoms. The van der Waals surface area contributed by atoms with E-state index in [1.165, 1.54) is 24.2 Å². The standard InChI is InChI=1S/C18H15ClN6O6S3/c19-13-9(23-18(20)34-13)10(24-31)14(27)22-11-15(28)25-12(17(29)30)8(5-32-16(11)25)33-7-1-2-21-3-6(7)4-26/h1-3,11,16,26,31H,4-5H2,(H2,20,23)(H,22,27)(H,29,30)/b24-10+/t11-,16-/m1/s1. The molecule has 34 heavy (non-hydrogen) atoms. The number of aliphatic hydroxyl groups excluding tert-OH is 1. The van der Waals surface area contributed by atoms with Gasteiger partial charge in [-0.3, -0.25) is 19.5 Å². The Bertz CT molecular complexity index is 1250. The molecule has 0 aromatic carbocycles. The first-order valence-electron chi connectivity index (χ1n) is 9.34. The molecule has 0 unspecified atom stereocenters. The van der Waals surface area contributed by atoms with Gasteiger partial charge in [-0.05, 0) is 6.07 Å². The number of aliphatic hydroxyl groups is 1. The Hall–Kier alpha value is -2.85. The summed E-state index contributed by atoms with van der Waals surface area (Å²) >= 11 is 9.25. The van der Waals surface area contributed by atoms with Gasteiger partial charge in [0.2, 0.25) is 0 Å². The Balaban J connectivity index is 1.55. The monoisotopic (exact) mass is 542 g/mol. The zero-order chi connectivity index (χ0) is 24.6. The summed E-state index contributed by atoms with van der Waals surface area (Å²) in [4.78, 5) is 47.5. The van der Waals surface area contributed by atoms with Crippen molar-refractivity contribution in [3.8, 4) is 0 Å². The van der Waals surface area contributed by atoms with Gasteiger partial charge in [-0.2, -0.15) is 0 Å². The molecule has 2 atom stereocenters. The van der Waals surface area contributed by atoms with E-state index in [0.29, 0.717) is 15.4 Å². The number of amides is 2. The third-order valence-corrected chi connectivity index (χ3v) is 8.57. The van der Waals surface area contributed by atoms with Crippen LogP contribution in [0.15, 0.2) is 39.1 Å². The van der Waals surface area contributed by atoms with Gasteiger partial charge in [0.25, 0.3) is 11.8 Å². The molecule has 0 radical (unpaired) electrons. The molecule has 0 spiro atoms. The number of nitrogens with one attached hydrogen (secondary N) is 1. The summed E-state index contributed by atoms with van der Waals surface area (Å²) in [5, 5.41) is 33.4. The molecule has 2 aromatic heterocycles. The second kappa shape index (κ2) is 9.79. The third-order valence-electron chi connectivity index (χ3n) is 4.83. The lowest BCUT2D eigenvalue weighted by atomic mass is 10.0. The molecule has 0 aliphatic carbocycles. The maximum Gasteiger partial charge on any atom is 0.353 e. The highest BCUT2D eigenvalue weighted by molar-refractivity contribution is 8.06. The Morgan fingerprint density at radius 2 is 2.21 bits per heavy atom. The number of carbonyl (C=O) groups is 3. The van der Waals surface area contributed by atoms with Gasteiger partial charge in [0.1, 0.15) is 27.1 Å². The predicted molar refractivity (Wildman–Crippen MR) is 126 cm³/mol. The molecular weight excluding hydrogens is 528 g/mol. The SMILES string of the molecule is Nc1nc(/C(=N\O)C(=O)N[C@@H]2C(=O)N3C(C(=O)O)=C(Sc4ccncc4CO)CS[C@H]23)c(Cl)s1. The number of hydrogen-bond acceptors (Lipinski definition) is 12. The molecule has 2 amide bonds. The van der Waals surface area contributed by atoms with Gasteiger partial charge in [0.15, 0.2) is 10.8 Å². The van der Waals surface area contributed by atoms with Crippen molar-refractivity contribution in [2.75, 3.05) is 11.5 Å². The molecule has 6 N–H and O–H groups in total. The lowest BCUT2D eigenvalue weighted by Gasteiger charge is -2.49. The summed E-state index contributed by atoms with van der Waals surface area (Å²) in [7, 11) is 0. The molecule has 0 saturated carbocycles. The van der Waals surface area contributed by atoms with E-state index in [1.807, 2.05) is 0 Å². The number of carboxylic acids is 1. The number of halogens is 1. The number of carboxylic acid groups (broad SMARTS) is 1. The number of pyridine rings is 1. The van der Waals surface area contributed by atoms with Crippen molar-refractivity contribution in [2.24, 2.45) is 5.16 Å². The van der Waals surface area contributed by atoms with E-state index < -0.39 is 34.9 Å². The molecule has 2 aliphatic heterocycles. The Morgan fingerprint density at radius 3 is 2.82 bits per heavy atom. The predicted octanol–water partition coefficient (Wildman–Crippen LogP) is 0.933. The highest BCUT2D eigenvalue weighted by Crippen LogP contribution is 2.45. The summed E-state index contributed by atoms with van der Waals surface area (Å²) in [5.41, 5.74) is 5.23. The topological polar surface area (TPSA) is 191 Å². The number of carbonyl (C=O) groups excluding carboxylic acids is 2. The Labute approximate surface area is 208 Å². The zero-order valence-electron chi connectivity index (χ0n) is 16.8. The fourth-order valence-electron chi connectivity index (χ4n) is 3.31. The smallest absolute Gasteiger partial charge is 0.353 e. The van der Waals surface area contributed by atoms with Crippen molar-refractivity contribution in [1.82, 2.24) is 20.2 Å². The van der Waals surface area contributed by atoms with Gasteiger partial charge < -0.3 is 26.5 Å². The average molecular weight is 543 g/mol. The first kappa shape index (κ1) is 24.3. The summed E-state index contributed by atoms with van der Waals surface area (Å²) < 4.78 is 0.0326. The average Bonchev–Trinajstić information content (AvgIpc) is 3.15. The molecule has 1 saturated heterocycles. The fraction of sp³-hybridized carbons (Fsp3) is 0.222. The fourth-order valence-corrected chi connectivity index (χ4v) is 6.80. The minimum Gasteiger partial charge on any atom is -0.477 e. The van der Waals surface area contributed by atoms with Crippen molar-refractivity contribution >= 4 is 75.1 Å². The number of nitrogens with two attached hydrogens (primary N) is 1. The molecule has 4 heterocycles. The van der Waals surface area contributed by atoms with Crippen LogP contribution in [-0.4, -0.2) is 71.0 Å². The van der Waals surface area contributed by atoms with Crippen molar-refractivity contribution in [2.45, 2.75) is 22.9 Å². The normalized spacial score (nSPS) is 20.1. The van der Waals surface area contributed by atoms with E-state index >= 15 is 0 Å². The van der Waals surface area contributed by atoms with E-state index in [0.717, 1.165) is 28.0 Å². The molecular formula is C18H15ClN6O6S3. The number of nitrogens with zero attached hydrogens (tertiary/aromatic N) is 4. The lowest BCUT2D eigenvalue weighted by molar-refractivity contribution is -0.150. The maximum absolute atomic E-state index is 12.9. The quantitative estimate of drug-likeness (QED) is 0.145. The number of thiazole rings is 1. The van der Waals surface area contributed by atoms with Crippen LogP contribution in [0.3, 0.4) is 0 Å². The van der Waals surface area contributed by atoms with Gasteiger partial charge in [-0.25, -0.2) is 9.78 Å². The van der Waals surface area contributed by atoms with E-state index in [4.69, 9.17) is 17.3 Å². The summed E-state index contributed by atoms with van der Waals surface area (Å²) in [6.07, 6.45) is 3.00. The van der Waals surface area contributed by atoms with Crippen LogP contribution in [0.5, 0.6) is 0 Å². The summed E-state index contributed by atoms with van der Waals surface area (Å²) in [5.74, 6) is -2.61. The first-order valence-corrected chi connectivity index (χ1v) is 12.4. The lowest BCUT2D eigenvalue weighted by Crippen LogP contribution is -2.71. The van der Waals surface area contributed by atoms with Crippen LogP contribution < -0.4 is 11.1 Å². The minimum atomic E-state index is -1.30. The second-order valence-electron chi connectivity index (χ2n) is 6.80. The number of thioether (sulfide) groups is 2. The molecule has 1 fully saturated rings. The second-order valence-corrected chi connectivity index (χ2v) is 10.7. The van der Waals surface area contributed by atoms with E-state index in [1.54, 1.807) is 6.07 Å². The number of anilines is 1. The van der Waals surface area contributed by atoms with Gasteiger partial charge in [0.05, 0.1) is 6.61 Å². The number of β-lactam (4-membered cyclic amide) rings is 1. The largest absolute Gasteiger partial charge is 0.477 e. The number of aromatic nitrogens is 2. The van der Waals surface area contributed by atoms with Crippen molar-refractivity contribution < 1.29 is 29.8 Å². The van der Waals surface area contributed by atoms with Crippen LogP contribution >= 0.6 is 46.5 Å². The van der Waals surface area contributed by atoms with Gasteiger partial charge >= 0.3 is 5.97 Å². The number of rotatable bonds is 7. The summed E-state index contributed by atoms with van der Waals surface area (Å²) in [6, 6.07) is 0.589. The molecule has 178 valence electrons. The molecule has 2 aliphatic rings. The number of nitrogen functional groups attached to an aromatic ring is 1. The molecule has 12 nitrogen and oxygen atoms in total. The van der Waals surface area contributed by atoms with Crippen molar-refractivity contribution in [3.05, 3.63) is 44.7 Å². The Kier molecular flexibility index (Phi) is 6.99. The molecule has 0 bridgehead atoms. The summed E-state index contributed by atoms with van der Waals surface area (Å²) in [6.45, 7) is -0.276. The van der Waals surface area contributed by atoms with Crippen LogP contribution in [0.1, 0.15) is 11.3 Å². The highest BCUT2D eigenvalue weighted by Gasteiger charge is 2.54. The van der Waals surface area contributed by atoms with E-state index in [-0.39, 0.29) is 33.2 Å². The molecule has 4 rings (SSSR count). The number of oxime groups is 1. The number of hydrogen-bond donors (Lipinski definition) is 5. The van der Waals surface area contributed by atoms with Crippen molar-refractivity contribution in [1.29, 1.82) is 0 Å². The van der Waals surface area contributed by atoms with Gasteiger partial charge in [0, 0.05) is 33.5 Å². The first-order chi connectivity index (χ1) is 16.3. The van der Waals surface area contributed by atoms with E-state index in [9.17, 15) is 29.8 Å². The van der Waals surface area contributed by atoms with Crippen LogP contribution in [0, 0.1) is 0 Å². The minimum absolute atomic E-state index is 0.0326. The zero-order valence-corrected chi connectivity index (χ0v) is 20.0. The number of fused-ring (bicyclic) bond motifs is 1. The number of aliphatic carboxylic acids is 1. The van der Waals surface area contributed by atoms with Gasteiger partial charge in [-0.15, -0.1) is 11.8 Å². The van der Waals surface area contributed by atoms with Gasteiger partial charge in [-0.1, -0.05) is 39.9 Å².